The minimum atomic E-state index is -1.93. The average molecular weight is 1070 g/mol. The molecule has 404 valence electrons. The number of carbonyl (C=O) groups is 11. The van der Waals surface area contributed by atoms with E-state index in [1.165, 1.54) is 36.8 Å². The maximum atomic E-state index is 14.2. The molecule has 0 fully saturated rings. The lowest BCUT2D eigenvalue weighted by Crippen LogP contribution is -2.63. The van der Waals surface area contributed by atoms with Crippen LogP contribution in [0.4, 0.5) is 0 Å². The van der Waals surface area contributed by atoms with Gasteiger partial charge in [-0.3, -0.25) is 47.9 Å². The van der Waals surface area contributed by atoms with Crippen molar-refractivity contribution in [3.8, 4) is 5.75 Å². The number of amides is 10. The fraction of sp³-hybridized carbons (Fsp3) is 0.535. The van der Waals surface area contributed by atoms with Crippen LogP contribution in [0.2, 0.25) is 0 Å². The van der Waals surface area contributed by atoms with Crippen molar-refractivity contribution < 1.29 is 73.2 Å². The van der Waals surface area contributed by atoms with E-state index in [2.05, 4.69) is 77.8 Å². The molecule has 11 atom stereocenters. The van der Waals surface area contributed by atoms with Gasteiger partial charge in [0.1, 0.15) is 54.1 Å². The number of phenols is 1. The Hall–Kier alpha value is -7.02. The van der Waals surface area contributed by atoms with Crippen molar-refractivity contribution in [2.45, 2.75) is 126 Å². The van der Waals surface area contributed by atoms with Crippen LogP contribution < -0.4 is 59.7 Å². The predicted octanol–water partition coefficient (Wildman–Crippen LogP) is -6.39. The molecule has 0 aliphatic rings. The molecule has 0 bridgehead atoms. The van der Waals surface area contributed by atoms with Crippen LogP contribution in [0.15, 0.2) is 36.8 Å². The summed E-state index contributed by atoms with van der Waals surface area (Å²) in [5.41, 5.74) is 17.1. The van der Waals surface area contributed by atoms with E-state index in [0.717, 1.165) is 13.8 Å². The molecule has 2 rings (SSSR count). The molecule has 10 amide bonds. The molecule has 1 aromatic carbocycles. The van der Waals surface area contributed by atoms with Crippen LogP contribution in [-0.4, -0.2) is 174 Å². The lowest BCUT2D eigenvalue weighted by molar-refractivity contribution is -0.142. The first-order chi connectivity index (χ1) is 34.2. The summed E-state index contributed by atoms with van der Waals surface area (Å²) >= 11 is 7.87. The molecule has 0 spiro atoms. The zero-order valence-electron chi connectivity index (χ0n) is 40.2. The Morgan fingerprint density at radius 3 is 1.38 bits per heavy atom. The Labute approximate surface area is 429 Å². The Morgan fingerprint density at radius 1 is 0.575 bits per heavy atom. The summed E-state index contributed by atoms with van der Waals surface area (Å²) in [6.07, 6.45) is -3.35. The largest absolute Gasteiger partial charge is 0.508 e. The normalized spacial score (nSPS) is 15.6. The quantitative estimate of drug-likeness (QED) is 0.0312. The lowest BCUT2D eigenvalue weighted by Gasteiger charge is -2.29. The third kappa shape index (κ3) is 21.3. The molecular formula is C43H65N13O15S2. The molecule has 73 heavy (non-hydrogen) atoms. The Balaban J connectivity index is 2.50. The highest BCUT2D eigenvalue weighted by atomic mass is 32.1. The van der Waals surface area contributed by atoms with E-state index in [1.807, 2.05) is 0 Å². The number of aliphatic hydroxyl groups excluding tert-OH is 2. The van der Waals surface area contributed by atoms with Crippen LogP contribution in [0.25, 0.3) is 0 Å². The van der Waals surface area contributed by atoms with Crippen LogP contribution in [0.3, 0.4) is 0 Å². The third-order valence-corrected chi connectivity index (χ3v) is 11.3. The number of hydrogen-bond acceptors (Lipinski definition) is 18. The fourth-order valence-electron chi connectivity index (χ4n) is 6.63. The van der Waals surface area contributed by atoms with Crippen LogP contribution in [-0.2, 0) is 65.6 Å². The van der Waals surface area contributed by atoms with Gasteiger partial charge in [0.2, 0.25) is 59.1 Å². The molecule has 0 aliphatic carbocycles. The topological polar surface area (TPSA) is 472 Å². The molecule has 28 nitrogen and oxygen atoms in total. The number of aromatic nitrogens is 2. The summed E-state index contributed by atoms with van der Waals surface area (Å²) in [5.74, 6) is -13.3. The zero-order chi connectivity index (χ0) is 55.3. The maximum absolute atomic E-state index is 14.2. The Bertz CT molecular complexity index is 2250. The number of phenolic OH excluding ortho intramolecular Hbond substituents is 1. The SMILES string of the molecule is CC(C)C[C@H](NC(=O)[C@@H](N)CS)C(=O)N[C@@H](CC(N)=O)C(=O)N[C@@H](CC(N)=O)C(=O)N[C@@H](Cc1ccc(O)cc1)C(=O)N[C@H](C(=O)N[C@@H](Cc1cnc[nH]1)C(=O)N[C@H](C(=O)N[C@@H](CS)C(=O)O)[C@@H](C)O)[C@@H](C)O. The van der Waals surface area contributed by atoms with Crippen molar-refractivity contribution in [3.63, 3.8) is 0 Å². The summed E-state index contributed by atoms with van der Waals surface area (Å²) in [7, 11) is 0. The van der Waals surface area contributed by atoms with E-state index in [0.29, 0.717) is 0 Å². The Morgan fingerprint density at radius 2 is 0.986 bits per heavy atom. The van der Waals surface area contributed by atoms with E-state index >= 15 is 0 Å². The number of aliphatic hydroxyl groups is 2. The highest BCUT2D eigenvalue weighted by molar-refractivity contribution is 7.80. The van der Waals surface area contributed by atoms with Crippen molar-refractivity contribution in [1.29, 1.82) is 0 Å². The molecule has 0 saturated carbocycles. The zero-order valence-corrected chi connectivity index (χ0v) is 42.0. The molecule has 1 aromatic heterocycles. The summed E-state index contributed by atoms with van der Waals surface area (Å²) in [5, 5.41) is 58.9. The first kappa shape index (κ1) is 62.1. The van der Waals surface area contributed by atoms with Gasteiger partial charge in [0.25, 0.3) is 0 Å². The first-order valence-electron chi connectivity index (χ1n) is 22.5. The number of nitrogens with zero attached hydrogens (tertiary/aromatic N) is 1. The van der Waals surface area contributed by atoms with Crippen molar-refractivity contribution in [3.05, 3.63) is 48.0 Å². The van der Waals surface area contributed by atoms with Crippen LogP contribution in [0, 0.1) is 5.92 Å². The number of benzene rings is 1. The van der Waals surface area contributed by atoms with Gasteiger partial charge in [0, 0.05) is 36.2 Å². The van der Waals surface area contributed by atoms with Gasteiger partial charge in [0.15, 0.2) is 0 Å². The predicted molar refractivity (Wildman–Crippen MR) is 263 cm³/mol. The molecule has 19 N–H and O–H groups in total. The van der Waals surface area contributed by atoms with Crippen LogP contribution in [0.1, 0.15) is 58.2 Å². The van der Waals surface area contributed by atoms with Gasteiger partial charge >= 0.3 is 5.97 Å². The second kappa shape index (κ2) is 30.1. The number of hydrogen-bond donors (Lipinski definition) is 18. The number of aromatic hydroxyl groups is 1. The summed E-state index contributed by atoms with van der Waals surface area (Å²) in [6, 6.07) is -9.52. The highest BCUT2D eigenvalue weighted by Crippen LogP contribution is 2.13. The monoisotopic (exact) mass is 1070 g/mol. The second-order valence-corrected chi connectivity index (χ2v) is 18.0. The van der Waals surface area contributed by atoms with Gasteiger partial charge < -0.3 is 85.1 Å². The second-order valence-electron chi connectivity index (χ2n) is 17.3. The number of imidazole rings is 1. The van der Waals surface area contributed by atoms with E-state index in [-0.39, 0.29) is 47.3 Å². The van der Waals surface area contributed by atoms with Gasteiger partial charge in [-0.2, -0.15) is 25.3 Å². The van der Waals surface area contributed by atoms with E-state index in [1.54, 1.807) is 13.8 Å². The van der Waals surface area contributed by atoms with Crippen LogP contribution >= 0.6 is 25.3 Å². The van der Waals surface area contributed by atoms with E-state index < -0.39 is 151 Å². The minimum absolute atomic E-state index is 0.0389. The van der Waals surface area contributed by atoms with Gasteiger partial charge in [0.05, 0.1) is 37.4 Å². The standard InChI is InChI=1S/C43H65N13O15S2/c1-18(2)9-25(49-35(62)24(44)15-72)36(63)51-29(13-32(46)61)38(65)52-28(12-31(45)60)37(64)50-26(10-21-5-7-23(59)8-6-21)39(66)55-33(19(3)57)41(68)53-27(11-22-14-47-17-48-22)40(67)56-34(20(4)58)42(69)54-30(16-73)43(70)71/h5-8,14,17-20,24-30,33-34,57-59,72-73H,9-13,15-16,44H2,1-4H3,(H2,45,60)(H2,46,61)(H,47,48)(H,49,62)(H,50,64)(H,51,63)(H,52,65)(H,53,68)(H,54,69)(H,55,66)(H,56,67)(H,70,71)/t19-,20-,24+,25+,26+,27+,28+,29+,30+,33+,34+/m1/s1. The summed E-state index contributed by atoms with van der Waals surface area (Å²) in [4.78, 5) is 151. The number of carboxylic acids is 1. The van der Waals surface area contributed by atoms with Gasteiger partial charge in [-0.05, 0) is 43.9 Å². The van der Waals surface area contributed by atoms with Crippen LogP contribution in [0.5, 0.6) is 5.75 Å². The van der Waals surface area contributed by atoms with Gasteiger partial charge in [-0.25, -0.2) is 9.78 Å². The van der Waals surface area contributed by atoms with E-state index in [4.69, 9.17) is 17.2 Å². The molecule has 0 unspecified atom stereocenters. The number of rotatable bonds is 31. The fourth-order valence-corrected chi connectivity index (χ4v) is 7.04. The Kier molecular flexibility index (Phi) is 25.6. The highest BCUT2D eigenvalue weighted by Gasteiger charge is 2.38. The average Bonchev–Trinajstić information content (AvgIpc) is 3.83. The van der Waals surface area contributed by atoms with Crippen molar-refractivity contribution in [2.24, 2.45) is 23.1 Å². The van der Waals surface area contributed by atoms with E-state index in [9.17, 15) is 73.2 Å². The third-order valence-electron chi connectivity index (χ3n) is 10.5. The van der Waals surface area contributed by atoms with Gasteiger partial charge in [-0.15, -0.1) is 0 Å². The number of primary amides is 2. The smallest absolute Gasteiger partial charge is 0.327 e. The molecule has 0 radical (unpaired) electrons. The number of nitrogens with one attached hydrogen (secondary N) is 9. The number of H-pyrrole nitrogens is 1. The molecule has 0 aliphatic heterocycles. The minimum Gasteiger partial charge on any atom is -0.508 e. The molecule has 0 saturated heterocycles. The molecule has 30 heteroatoms. The van der Waals surface area contributed by atoms with Crippen molar-refractivity contribution in [2.75, 3.05) is 11.5 Å². The number of aliphatic carboxylic acids is 1. The maximum Gasteiger partial charge on any atom is 0.327 e. The lowest BCUT2D eigenvalue weighted by atomic mass is 10.0. The molecule has 2 aromatic rings. The summed E-state index contributed by atoms with van der Waals surface area (Å²) in [6.45, 7) is 5.68. The van der Waals surface area contributed by atoms with Gasteiger partial charge in [-0.1, -0.05) is 26.0 Å². The number of nitrogens with two attached hydrogens (primary N) is 3. The number of carbonyl (C=O) groups excluding carboxylic acids is 10. The van der Waals surface area contributed by atoms with Crippen molar-refractivity contribution in [1.82, 2.24) is 52.5 Å². The first-order valence-corrected chi connectivity index (χ1v) is 23.7. The number of carboxylic acid groups (broad SMARTS) is 1. The molecular weight excluding hydrogens is 1000 g/mol. The summed E-state index contributed by atoms with van der Waals surface area (Å²) < 4.78 is 0. The van der Waals surface area contributed by atoms with Crippen molar-refractivity contribution >= 4 is 90.3 Å². The number of thiol groups is 2. The molecule has 1 heterocycles. The number of aromatic amines is 1.